The maximum absolute atomic E-state index is 13.4. The zero-order valence-corrected chi connectivity index (χ0v) is 18.0. The molecular formula is C22H13ClFN3O4S. The molecule has 0 aliphatic rings. The van der Waals surface area contributed by atoms with Crippen LogP contribution in [0.25, 0.3) is 32.8 Å². The number of ether oxygens (including phenoxy) is 1. The topological polar surface area (TPSA) is 91.3 Å². The van der Waals surface area contributed by atoms with E-state index in [2.05, 4.69) is 15.4 Å². The third kappa shape index (κ3) is 3.65. The summed E-state index contributed by atoms with van der Waals surface area (Å²) in [6, 6.07) is 13.6. The molecule has 0 radical (unpaired) electrons. The number of halogens is 2. The summed E-state index contributed by atoms with van der Waals surface area (Å²) in [6.45, 7) is 1.49. The van der Waals surface area contributed by atoms with Crippen molar-refractivity contribution in [3.63, 3.8) is 0 Å². The van der Waals surface area contributed by atoms with Crippen LogP contribution >= 0.6 is 22.9 Å². The van der Waals surface area contributed by atoms with Crippen molar-refractivity contribution in [2.75, 3.05) is 0 Å². The quantitative estimate of drug-likeness (QED) is 0.289. The van der Waals surface area contributed by atoms with Crippen molar-refractivity contribution in [3.05, 3.63) is 75.9 Å². The second-order valence-electron chi connectivity index (χ2n) is 6.79. The van der Waals surface area contributed by atoms with E-state index in [1.54, 1.807) is 6.92 Å². The standard InChI is InChI=1S/C22H13ClFN3O4S/c1-11-17(19(27-31-11)12-5-3-2-4-6-12)21-26-25-16(30-21)10-29-22(28)20-18(23)14-8-7-13(24)9-15(14)32-20/h2-9H,10H2,1H3. The van der Waals surface area contributed by atoms with Crippen LogP contribution in [-0.2, 0) is 11.3 Å². The summed E-state index contributed by atoms with van der Waals surface area (Å²) in [6.07, 6.45) is 0. The number of hydrogen-bond acceptors (Lipinski definition) is 8. The monoisotopic (exact) mass is 469 g/mol. The van der Waals surface area contributed by atoms with Gasteiger partial charge >= 0.3 is 5.97 Å². The number of thiophene rings is 1. The molecule has 0 atom stereocenters. The molecule has 3 aromatic heterocycles. The van der Waals surface area contributed by atoms with Gasteiger partial charge in [-0.1, -0.05) is 47.1 Å². The van der Waals surface area contributed by atoms with Gasteiger partial charge in [-0.15, -0.1) is 21.5 Å². The SMILES string of the molecule is Cc1onc(-c2ccccc2)c1-c1nnc(COC(=O)c2sc3cc(F)ccc3c2Cl)o1. The zero-order chi connectivity index (χ0) is 22.2. The number of aryl methyl sites for hydroxylation is 1. The molecule has 0 spiro atoms. The number of fused-ring (bicyclic) bond motifs is 1. The van der Waals surface area contributed by atoms with Crippen molar-refractivity contribution >= 4 is 39.0 Å². The molecule has 0 aliphatic heterocycles. The van der Waals surface area contributed by atoms with Crippen molar-refractivity contribution in [1.29, 1.82) is 0 Å². The van der Waals surface area contributed by atoms with Crippen molar-refractivity contribution in [2.24, 2.45) is 0 Å². The normalized spacial score (nSPS) is 11.2. The zero-order valence-electron chi connectivity index (χ0n) is 16.5. The Kier molecular flexibility index (Phi) is 5.20. The summed E-state index contributed by atoms with van der Waals surface area (Å²) in [4.78, 5) is 12.7. The Morgan fingerprint density at radius 3 is 2.81 bits per heavy atom. The Labute approximate surface area is 189 Å². The van der Waals surface area contributed by atoms with Crippen molar-refractivity contribution < 1.29 is 22.9 Å². The third-order valence-corrected chi connectivity index (χ3v) is 6.33. The van der Waals surface area contributed by atoms with Gasteiger partial charge < -0.3 is 13.7 Å². The van der Waals surface area contributed by atoms with Gasteiger partial charge in [-0.05, 0) is 25.1 Å². The van der Waals surface area contributed by atoms with Crippen LogP contribution in [0.15, 0.2) is 57.5 Å². The van der Waals surface area contributed by atoms with Crippen molar-refractivity contribution in [1.82, 2.24) is 15.4 Å². The Morgan fingerprint density at radius 2 is 2.00 bits per heavy atom. The lowest BCUT2D eigenvalue weighted by Gasteiger charge is -2.00. The number of esters is 1. The Bertz CT molecular complexity index is 1440. The molecule has 5 aromatic rings. The summed E-state index contributed by atoms with van der Waals surface area (Å²) < 4.78 is 30.3. The van der Waals surface area contributed by atoms with Gasteiger partial charge in [0.1, 0.15) is 27.7 Å². The highest BCUT2D eigenvalue weighted by molar-refractivity contribution is 7.21. The lowest BCUT2D eigenvalue weighted by molar-refractivity contribution is 0.0444. The highest BCUT2D eigenvalue weighted by atomic mass is 35.5. The molecular weight excluding hydrogens is 457 g/mol. The molecule has 7 nitrogen and oxygen atoms in total. The molecule has 2 aromatic carbocycles. The molecule has 160 valence electrons. The van der Waals surface area contributed by atoms with Gasteiger partial charge in [-0.3, -0.25) is 0 Å². The summed E-state index contributed by atoms with van der Waals surface area (Å²) in [5.74, 6) is -0.268. The largest absolute Gasteiger partial charge is 0.451 e. The van der Waals surface area contributed by atoms with Crippen LogP contribution in [0, 0.1) is 12.7 Å². The van der Waals surface area contributed by atoms with E-state index in [9.17, 15) is 9.18 Å². The smallest absolute Gasteiger partial charge is 0.350 e. The summed E-state index contributed by atoms with van der Waals surface area (Å²) in [7, 11) is 0. The highest BCUT2D eigenvalue weighted by Crippen LogP contribution is 2.36. The van der Waals surface area contributed by atoms with E-state index in [0.717, 1.165) is 16.9 Å². The first-order valence-electron chi connectivity index (χ1n) is 9.40. The van der Waals surface area contributed by atoms with E-state index in [1.165, 1.54) is 18.2 Å². The van der Waals surface area contributed by atoms with E-state index < -0.39 is 11.8 Å². The Morgan fingerprint density at radius 1 is 1.19 bits per heavy atom. The maximum Gasteiger partial charge on any atom is 0.350 e. The van der Waals surface area contributed by atoms with Gasteiger partial charge in [0.05, 0.1) is 5.02 Å². The second kappa shape index (κ2) is 8.18. The Balaban J connectivity index is 1.36. The molecule has 0 unspecified atom stereocenters. The molecule has 3 heterocycles. The number of rotatable bonds is 5. The molecule has 32 heavy (non-hydrogen) atoms. The number of hydrogen-bond donors (Lipinski definition) is 0. The summed E-state index contributed by atoms with van der Waals surface area (Å²) in [5.41, 5.74) is 1.97. The third-order valence-electron chi connectivity index (χ3n) is 4.69. The van der Waals surface area contributed by atoms with Crippen molar-refractivity contribution in [2.45, 2.75) is 13.5 Å². The fourth-order valence-corrected chi connectivity index (χ4v) is 4.62. The summed E-state index contributed by atoms with van der Waals surface area (Å²) in [5, 5.41) is 12.9. The van der Waals surface area contributed by atoms with Crippen LogP contribution in [0.2, 0.25) is 5.02 Å². The molecule has 0 saturated carbocycles. The van der Waals surface area contributed by atoms with Crippen molar-refractivity contribution in [3.8, 4) is 22.7 Å². The number of benzene rings is 2. The van der Waals surface area contributed by atoms with Crippen LogP contribution in [0.5, 0.6) is 0 Å². The first-order chi connectivity index (χ1) is 15.5. The number of nitrogens with zero attached hydrogens (tertiary/aromatic N) is 3. The van der Waals surface area contributed by atoms with Gasteiger partial charge in [0.15, 0.2) is 6.61 Å². The van der Waals surface area contributed by atoms with Crippen LogP contribution in [0.4, 0.5) is 4.39 Å². The fourth-order valence-electron chi connectivity index (χ4n) is 3.19. The van der Waals surface area contributed by atoms with E-state index in [0.29, 0.717) is 27.1 Å². The first kappa shape index (κ1) is 20.3. The van der Waals surface area contributed by atoms with E-state index in [4.69, 9.17) is 25.3 Å². The predicted molar refractivity (Wildman–Crippen MR) is 116 cm³/mol. The number of carbonyl (C=O) groups is 1. The van der Waals surface area contributed by atoms with Crippen LogP contribution in [-0.4, -0.2) is 21.3 Å². The van der Waals surface area contributed by atoms with Gasteiger partial charge in [0.2, 0.25) is 0 Å². The second-order valence-corrected chi connectivity index (χ2v) is 8.22. The highest BCUT2D eigenvalue weighted by Gasteiger charge is 2.23. The average Bonchev–Trinajstić information content (AvgIpc) is 3.50. The lowest BCUT2D eigenvalue weighted by Crippen LogP contribution is -2.04. The van der Waals surface area contributed by atoms with Crippen LogP contribution in [0.1, 0.15) is 21.3 Å². The Hall–Kier alpha value is -3.56. The molecule has 0 amide bonds. The lowest BCUT2D eigenvalue weighted by atomic mass is 10.1. The van der Waals surface area contributed by atoms with Gasteiger partial charge in [0, 0.05) is 15.6 Å². The molecule has 0 aliphatic carbocycles. The molecule has 0 bridgehead atoms. The average molecular weight is 470 g/mol. The summed E-state index contributed by atoms with van der Waals surface area (Å²) >= 11 is 7.32. The minimum Gasteiger partial charge on any atom is -0.451 e. The van der Waals surface area contributed by atoms with Crippen LogP contribution < -0.4 is 0 Å². The number of carbonyl (C=O) groups excluding carboxylic acids is 1. The van der Waals surface area contributed by atoms with Gasteiger partial charge in [-0.2, -0.15) is 0 Å². The van der Waals surface area contributed by atoms with E-state index in [-0.39, 0.29) is 28.3 Å². The van der Waals surface area contributed by atoms with E-state index in [1.807, 2.05) is 30.3 Å². The maximum atomic E-state index is 13.4. The minimum absolute atomic E-state index is 0.0937. The van der Waals surface area contributed by atoms with Crippen LogP contribution in [0.3, 0.4) is 0 Å². The van der Waals surface area contributed by atoms with Gasteiger partial charge in [-0.25, -0.2) is 9.18 Å². The van der Waals surface area contributed by atoms with E-state index >= 15 is 0 Å². The molecule has 0 N–H and O–H groups in total. The molecule has 10 heteroatoms. The molecule has 0 fully saturated rings. The number of aromatic nitrogens is 3. The molecule has 5 rings (SSSR count). The fraction of sp³-hybridized carbons (Fsp3) is 0.0909. The first-order valence-corrected chi connectivity index (χ1v) is 10.6. The predicted octanol–water partition coefficient (Wildman–Crippen LogP) is 6.06. The molecule has 0 saturated heterocycles. The minimum atomic E-state index is -0.664. The van der Waals surface area contributed by atoms with Gasteiger partial charge in [0.25, 0.3) is 11.8 Å².